The van der Waals surface area contributed by atoms with E-state index >= 15 is 0 Å². The molecule has 4 heteroatoms. The molecule has 11 heavy (non-hydrogen) atoms. The van der Waals surface area contributed by atoms with E-state index < -0.39 is 12.8 Å². The van der Waals surface area contributed by atoms with Crippen molar-refractivity contribution in [2.75, 3.05) is 18.5 Å². The fraction of sp³-hybridized carbons (Fsp3) is 0.429. The van der Waals surface area contributed by atoms with Crippen LogP contribution in [-0.2, 0) is 0 Å². The van der Waals surface area contributed by atoms with E-state index in [1.165, 1.54) is 0 Å². The summed E-state index contributed by atoms with van der Waals surface area (Å²) >= 11 is 1.56. The van der Waals surface area contributed by atoms with E-state index in [9.17, 15) is 4.39 Å². The lowest BCUT2D eigenvalue weighted by atomic mass is 10.4. The van der Waals surface area contributed by atoms with Crippen molar-refractivity contribution < 1.29 is 9.50 Å². The first-order valence-electron chi connectivity index (χ1n) is 3.33. The summed E-state index contributed by atoms with van der Waals surface area (Å²) in [7, 11) is 0. The molecule has 1 aromatic heterocycles. The number of alkyl halides is 1. The highest BCUT2D eigenvalue weighted by atomic mass is 32.1. The molecule has 62 valence electrons. The van der Waals surface area contributed by atoms with Gasteiger partial charge in [-0.3, -0.25) is 0 Å². The van der Waals surface area contributed by atoms with Gasteiger partial charge in [0.1, 0.15) is 6.67 Å². The van der Waals surface area contributed by atoms with E-state index in [1.54, 1.807) is 11.3 Å². The third-order valence-electron chi connectivity index (χ3n) is 1.24. The molecule has 0 fully saturated rings. The molecule has 0 bridgehead atoms. The SMILES string of the molecule is OC(CF)CNc1ccsc1. The van der Waals surface area contributed by atoms with Gasteiger partial charge in [0.25, 0.3) is 0 Å². The van der Waals surface area contributed by atoms with Gasteiger partial charge in [-0.25, -0.2) is 4.39 Å². The quantitative estimate of drug-likeness (QED) is 0.726. The second kappa shape index (κ2) is 4.31. The van der Waals surface area contributed by atoms with Gasteiger partial charge >= 0.3 is 0 Å². The average molecular weight is 175 g/mol. The second-order valence-electron chi connectivity index (χ2n) is 2.20. The predicted molar refractivity (Wildman–Crippen MR) is 44.8 cm³/mol. The zero-order chi connectivity index (χ0) is 8.10. The third kappa shape index (κ3) is 2.86. The van der Waals surface area contributed by atoms with Crippen molar-refractivity contribution in [1.82, 2.24) is 0 Å². The van der Waals surface area contributed by atoms with E-state index in [0.29, 0.717) is 0 Å². The summed E-state index contributed by atoms with van der Waals surface area (Å²) < 4.78 is 11.7. The highest BCUT2D eigenvalue weighted by molar-refractivity contribution is 7.08. The Morgan fingerprint density at radius 3 is 3.09 bits per heavy atom. The van der Waals surface area contributed by atoms with Crippen LogP contribution in [0, 0.1) is 0 Å². The number of anilines is 1. The van der Waals surface area contributed by atoms with Crippen molar-refractivity contribution in [2.45, 2.75) is 6.10 Å². The molecule has 1 heterocycles. The van der Waals surface area contributed by atoms with Crippen LogP contribution in [0.4, 0.5) is 10.1 Å². The first kappa shape index (κ1) is 8.49. The monoisotopic (exact) mass is 175 g/mol. The lowest BCUT2D eigenvalue weighted by Crippen LogP contribution is -2.20. The van der Waals surface area contributed by atoms with Crippen LogP contribution < -0.4 is 5.32 Å². The molecule has 0 saturated carbocycles. The van der Waals surface area contributed by atoms with Crippen molar-refractivity contribution >= 4 is 17.0 Å². The van der Waals surface area contributed by atoms with Gasteiger partial charge in [0.2, 0.25) is 0 Å². The van der Waals surface area contributed by atoms with Crippen molar-refractivity contribution in [3.63, 3.8) is 0 Å². The topological polar surface area (TPSA) is 32.3 Å². The summed E-state index contributed by atoms with van der Waals surface area (Å²) in [6.45, 7) is -0.426. The highest BCUT2D eigenvalue weighted by Crippen LogP contribution is 2.11. The Hall–Kier alpha value is -0.610. The van der Waals surface area contributed by atoms with Gasteiger partial charge in [-0.15, -0.1) is 0 Å². The normalized spacial score (nSPS) is 12.9. The Morgan fingerprint density at radius 2 is 2.55 bits per heavy atom. The van der Waals surface area contributed by atoms with E-state index in [0.717, 1.165) is 5.69 Å². The number of thiophene rings is 1. The van der Waals surface area contributed by atoms with Crippen LogP contribution >= 0.6 is 11.3 Å². The van der Waals surface area contributed by atoms with Crippen LogP contribution in [0.25, 0.3) is 0 Å². The number of aliphatic hydroxyl groups is 1. The standard InChI is InChI=1S/C7H10FNOS/c8-3-7(10)4-9-6-1-2-11-5-6/h1-2,5,7,9-10H,3-4H2. The third-order valence-corrected chi connectivity index (χ3v) is 1.92. The number of rotatable bonds is 4. The zero-order valence-electron chi connectivity index (χ0n) is 5.96. The highest BCUT2D eigenvalue weighted by Gasteiger charge is 2.01. The maximum Gasteiger partial charge on any atom is 0.117 e. The molecule has 1 rings (SSSR count). The van der Waals surface area contributed by atoms with Gasteiger partial charge in [0.15, 0.2) is 0 Å². The molecule has 2 N–H and O–H groups in total. The first-order valence-corrected chi connectivity index (χ1v) is 4.27. The van der Waals surface area contributed by atoms with Crippen molar-refractivity contribution in [1.29, 1.82) is 0 Å². The molecule has 2 nitrogen and oxygen atoms in total. The Labute approximate surface area is 68.7 Å². The second-order valence-corrected chi connectivity index (χ2v) is 2.98. The number of aliphatic hydroxyl groups excluding tert-OH is 1. The number of hydrogen-bond acceptors (Lipinski definition) is 3. The van der Waals surface area contributed by atoms with Crippen LogP contribution in [0.1, 0.15) is 0 Å². The van der Waals surface area contributed by atoms with Gasteiger partial charge in [-0.1, -0.05) is 0 Å². The van der Waals surface area contributed by atoms with Crippen LogP contribution in [-0.4, -0.2) is 24.4 Å². The Bertz CT molecular complexity index is 190. The van der Waals surface area contributed by atoms with E-state index in [4.69, 9.17) is 5.11 Å². The fourth-order valence-corrected chi connectivity index (χ4v) is 1.27. The van der Waals surface area contributed by atoms with Crippen LogP contribution in [0.5, 0.6) is 0 Å². The lowest BCUT2D eigenvalue weighted by Gasteiger charge is -2.06. The minimum atomic E-state index is -0.894. The number of halogens is 1. The van der Waals surface area contributed by atoms with Crippen molar-refractivity contribution in [2.24, 2.45) is 0 Å². The predicted octanol–water partition coefficient (Wildman–Crippen LogP) is 1.49. The zero-order valence-corrected chi connectivity index (χ0v) is 6.77. The minimum absolute atomic E-state index is 0.271. The van der Waals surface area contributed by atoms with Crippen molar-refractivity contribution in [3.05, 3.63) is 16.8 Å². The molecule has 1 unspecified atom stereocenters. The molecule has 0 aromatic carbocycles. The van der Waals surface area contributed by atoms with Gasteiger partial charge in [0.05, 0.1) is 6.10 Å². The van der Waals surface area contributed by atoms with Gasteiger partial charge in [-0.05, 0) is 11.4 Å². The summed E-state index contributed by atoms with van der Waals surface area (Å²) in [4.78, 5) is 0. The molecule has 0 spiro atoms. The summed E-state index contributed by atoms with van der Waals surface area (Å²) in [5.41, 5.74) is 0.933. The molecular weight excluding hydrogens is 165 g/mol. The van der Waals surface area contributed by atoms with Gasteiger partial charge < -0.3 is 10.4 Å². The summed E-state index contributed by atoms with van der Waals surface area (Å²) in [6.07, 6.45) is -0.894. The molecule has 1 aromatic rings. The smallest absolute Gasteiger partial charge is 0.117 e. The molecule has 0 aliphatic rings. The molecule has 0 amide bonds. The molecule has 0 aliphatic heterocycles. The number of hydrogen-bond donors (Lipinski definition) is 2. The first-order chi connectivity index (χ1) is 5.33. The summed E-state index contributed by atoms with van der Waals surface area (Å²) in [5.74, 6) is 0. The molecule has 0 saturated heterocycles. The summed E-state index contributed by atoms with van der Waals surface area (Å²) in [6, 6.07) is 1.88. The van der Waals surface area contributed by atoms with E-state index in [-0.39, 0.29) is 6.54 Å². The van der Waals surface area contributed by atoms with E-state index in [2.05, 4.69) is 5.32 Å². The lowest BCUT2D eigenvalue weighted by molar-refractivity contribution is 0.151. The molecular formula is C7H10FNOS. The largest absolute Gasteiger partial charge is 0.389 e. The average Bonchev–Trinajstić information content (AvgIpc) is 2.52. The minimum Gasteiger partial charge on any atom is -0.389 e. The van der Waals surface area contributed by atoms with Gasteiger partial charge in [0, 0.05) is 17.6 Å². The Morgan fingerprint density at radius 1 is 1.73 bits per heavy atom. The maximum absolute atomic E-state index is 11.7. The van der Waals surface area contributed by atoms with Crippen LogP contribution in [0.3, 0.4) is 0 Å². The Balaban J connectivity index is 2.23. The number of nitrogens with one attached hydrogen (secondary N) is 1. The molecule has 1 atom stereocenters. The fourth-order valence-electron chi connectivity index (χ4n) is 0.655. The molecule has 0 radical (unpaired) electrons. The van der Waals surface area contributed by atoms with E-state index in [1.807, 2.05) is 16.8 Å². The van der Waals surface area contributed by atoms with Gasteiger partial charge in [-0.2, -0.15) is 11.3 Å². The van der Waals surface area contributed by atoms with Crippen molar-refractivity contribution in [3.8, 4) is 0 Å². The van der Waals surface area contributed by atoms with Crippen LogP contribution in [0.15, 0.2) is 16.8 Å². The molecule has 0 aliphatic carbocycles. The maximum atomic E-state index is 11.7. The van der Waals surface area contributed by atoms with Crippen LogP contribution in [0.2, 0.25) is 0 Å². The summed E-state index contributed by atoms with van der Waals surface area (Å²) in [5, 5.41) is 15.5. The Kier molecular flexibility index (Phi) is 3.32.